The summed E-state index contributed by atoms with van der Waals surface area (Å²) in [6, 6.07) is 13.4. The number of nitrogens with one attached hydrogen (secondary N) is 2. The van der Waals surface area contributed by atoms with Crippen LogP contribution in [-0.4, -0.2) is 24.0 Å². The van der Waals surface area contributed by atoms with E-state index in [1.807, 2.05) is 18.2 Å². The summed E-state index contributed by atoms with van der Waals surface area (Å²) in [6.07, 6.45) is 1.55. The van der Waals surface area contributed by atoms with Crippen molar-refractivity contribution in [3.8, 4) is 5.88 Å². The van der Waals surface area contributed by atoms with E-state index in [1.54, 1.807) is 19.2 Å². The molecule has 1 aliphatic heterocycles. The van der Waals surface area contributed by atoms with Crippen LogP contribution in [0, 0.1) is 0 Å². The van der Waals surface area contributed by atoms with Gasteiger partial charge < -0.3 is 15.4 Å². The number of hydrogen-bond acceptors (Lipinski definition) is 4. The molecule has 1 aromatic heterocycles. The number of fused-ring (bicyclic) bond motifs is 1. The lowest BCUT2D eigenvalue weighted by atomic mass is 10.0. The van der Waals surface area contributed by atoms with Gasteiger partial charge in [-0.3, -0.25) is 4.79 Å². The summed E-state index contributed by atoms with van der Waals surface area (Å²) in [4.78, 5) is 16.4. The quantitative estimate of drug-likeness (QED) is 0.904. The van der Waals surface area contributed by atoms with Gasteiger partial charge in [-0.15, -0.1) is 0 Å². The van der Waals surface area contributed by atoms with Crippen molar-refractivity contribution in [1.29, 1.82) is 0 Å². The SMILES string of the molecule is COc1ccc2c(n1)NC(CCc1ccccc1)C(=O)N2. The summed E-state index contributed by atoms with van der Waals surface area (Å²) in [5, 5.41) is 6.07. The Balaban J connectivity index is 1.71. The Bertz CT molecular complexity index is 643. The van der Waals surface area contributed by atoms with Crippen LogP contribution in [-0.2, 0) is 11.2 Å². The number of carbonyl (C=O) groups excluding carboxylic acids is 1. The van der Waals surface area contributed by atoms with Crippen LogP contribution in [0.15, 0.2) is 42.5 Å². The van der Waals surface area contributed by atoms with E-state index in [0.717, 1.165) is 6.42 Å². The fourth-order valence-corrected chi connectivity index (χ4v) is 2.38. The second kappa shape index (κ2) is 5.83. The Kier molecular flexibility index (Phi) is 3.73. The van der Waals surface area contributed by atoms with Crippen molar-refractivity contribution in [2.75, 3.05) is 17.7 Å². The molecule has 1 unspecified atom stereocenters. The number of amides is 1. The minimum Gasteiger partial charge on any atom is -0.481 e. The van der Waals surface area contributed by atoms with Crippen molar-refractivity contribution >= 4 is 17.4 Å². The van der Waals surface area contributed by atoms with Crippen LogP contribution >= 0.6 is 0 Å². The van der Waals surface area contributed by atoms with Gasteiger partial charge in [0.1, 0.15) is 6.04 Å². The molecule has 2 aromatic rings. The first-order chi connectivity index (χ1) is 10.3. The zero-order valence-electron chi connectivity index (χ0n) is 11.8. The Morgan fingerprint density at radius 2 is 2.00 bits per heavy atom. The maximum atomic E-state index is 12.1. The maximum absolute atomic E-state index is 12.1. The van der Waals surface area contributed by atoms with E-state index in [9.17, 15) is 4.79 Å². The first-order valence-corrected chi connectivity index (χ1v) is 6.92. The average molecular weight is 283 g/mol. The van der Waals surface area contributed by atoms with Crippen LogP contribution in [0.4, 0.5) is 11.5 Å². The number of nitrogens with zero attached hydrogens (tertiary/aromatic N) is 1. The third kappa shape index (κ3) is 2.97. The van der Waals surface area contributed by atoms with Crippen LogP contribution in [0.2, 0.25) is 0 Å². The molecular formula is C16H17N3O2. The van der Waals surface area contributed by atoms with E-state index < -0.39 is 0 Å². The standard InChI is InChI=1S/C16H17N3O2/c1-21-14-10-9-12-15(19-14)17-13(16(20)18-12)8-7-11-5-3-2-4-6-11/h2-6,9-10,13H,7-8H2,1H3,(H,17,19)(H,18,20). The van der Waals surface area contributed by atoms with Crippen molar-refractivity contribution in [2.24, 2.45) is 0 Å². The number of anilines is 2. The Hall–Kier alpha value is -2.56. The van der Waals surface area contributed by atoms with Crippen LogP contribution in [0.5, 0.6) is 5.88 Å². The van der Waals surface area contributed by atoms with E-state index in [0.29, 0.717) is 23.8 Å². The first-order valence-electron chi connectivity index (χ1n) is 6.92. The zero-order valence-corrected chi connectivity index (χ0v) is 11.8. The molecule has 1 amide bonds. The third-order valence-electron chi connectivity index (χ3n) is 3.53. The summed E-state index contributed by atoms with van der Waals surface area (Å²) in [6.45, 7) is 0. The zero-order chi connectivity index (χ0) is 14.7. The predicted octanol–water partition coefficient (Wildman–Crippen LogP) is 2.46. The highest BCUT2D eigenvalue weighted by Crippen LogP contribution is 2.28. The first kappa shape index (κ1) is 13.4. The van der Waals surface area contributed by atoms with E-state index in [1.165, 1.54) is 5.56 Å². The maximum Gasteiger partial charge on any atom is 0.247 e. The van der Waals surface area contributed by atoms with Gasteiger partial charge in [-0.2, -0.15) is 4.98 Å². The van der Waals surface area contributed by atoms with Gasteiger partial charge >= 0.3 is 0 Å². The second-order valence-corrected chi connectivity index (χ2v) is 4.96. The number of pyridine rings is 1. The van der Waals surface area contributed by atoms with Gasteiger partial charge in [0.05, 0.1) is 12.8 Å². The van der Waals surface area contributed by atoms with Crippen LogP contribution in [0.1, 0.15) is 12.0 Å². The molecule has 0 bridgehead atoms. The molecular weight excluding hydrogens is 266 g/mol. The number of aryl methyl sites for hydroxylation is 1. The highest BCUT2D eigenvalue weighted by Gasteiger charge is 2.26. The molecule has 0 saturated heterocycles. The third-order valence-corrected chi connectivity index (χ3v) is 3.53. The van der Waals surface area contributed by atoms with Crippen LogP contribution in [0.25, 0.3) is 0 Å². The molecule has 0 saturated carbocycles. The number of methoxy groups -OCH3 is 1. The lowest BCUT2D eigenvalue weighted by molar-refractivity contribution is -0.117. The van der Waals surface area contributed by atoms with E-state index in [2.05, 4.69) is 27.8 Å². The summed E-state index contributed by atoms with van der Waals surface area (Å²) in [5.74, 6) is 1.16. The van der Waals surface area contributed by atoms with E-state index in [4.69, 9.17) is 4.74 Å². The summed E-state index contributed by atoms with van der Waals surface area (Å²) < 4.78 is 5.11. The Morgan fingerprint density at radius 3 is 2.76 bits per heavy atom. The highest BCUT2D eigenvalue weighted by molar-refractivity contribution is 6.02. The number of hydrogen-bond donors (Lipinski definition) is 2. The molecule has 1 atom stereocenters. The fraction of sp³-hybridized carbons (Fsp3) is 0.250. The molecule has 0 spiro atoms. The molecule has 0 aliphatic carbocycles. The largest absolute Gasteiger partial charge is 0.481 e. The molecule has 5 heteroatoms. The summed E-state index contributed by atoms with van der Waals surface area (Å²) >= 11 is 0. The van der Waals surface area contributed by atoms with Crippen molar-refractivity contribution < 1.29 is 9.53 Å². The summed E-state index contributed by atoms with van der Waals surface area (Å²) in [7, 11) is 1.57. The summed E-state index contributed by atoms with van der Waals surface area (Å²) in [5.41, 5.74) is 1.91. The van der Waals surface area contributed by atoms with Crippen molar-refractivity contribution in [1.82, 2.24) is 4.98 Å². The molecule has 3 rings (SSSR count). The topological polar surface area (TPSA) is 63.2 Å². The van der Waals surface area contributed by atoms with Gasteiger partial charge in [0, 0.05) is 6.07 Å². The molecule has 108 valence electrons. The number of carbonyl (C=O) groups is 1. The normalized spacial score (nSPS) is 16.6. The second-order valence-electron chi connectivity index (χ2n) is 4.96. The van der Waals surface area contributed by atoms with E-state index >= 15 is 0 Å². The number of ether oxygens (including phenoxy) is 1. The number of rotatable bonds is 4. The van der Waals surface area contributed by atoms with Crippen molar-refractivity contribution in [2.45, 2.75) is 18.9 Å². The lowest BCUT2D eigenvalue weighted by Gasteiger charge is -2.26. The number of benzene rings is 1. The molecule has 0 fully saturated rings. The van der Waals surface area contributed by atoms with Gasteiger partial charge in [-0.25, -0.2) is 0 Å². The Labute approximate surface area is 123 Å². The number of aromatic nitrogens is 1. The van der Waals surface area contributed by atoms with E-state index in [-0.39, 0.29) is 11.9 Å². The lowest BCUT2D eigenvalue weighted by Crippen LogP contribution is -2.39. The average Bonchev–Trinajstić information content (AvgIpc) is 2.53. The molecule has 1 aromatic carbocycles. The van der Waals surface area contributed by atoms with Crippen LogP contribution in [0.3, 0.4) is 0 Å². The van der Waals surface area contributed by atoms with Crippen LogP contribution < -0.4 is 15.4 Å². The predicted molar refractivity (Wildman–Crippen MR) is 81.6 cm³/mol. The highest BCUT2D eigenvalue weighted by atomic mass is 16.5. The van der Waals surface area contributed by atoms with Crippen molar-refractivity contribution in [3.05, 3.63) is 48.0 Å². The monoisotopic (exact) mass is 283 g/mol. The minimum atomic E-state index is -0.280. The minimum absolute atomic E-state index is 0.0228. The van der Waals surface area contributed by atoms with Gasteiger partial charge in [-0.05, 0) is 24.5 Å². The molecule has 1 aliphatic rings. The molecule has 2 heterocycles. The van der Waals surface area contributed by atoms with Crippen molar-refractivity contribution in [3.63, 3.8) is 0 Å². The molecule has 2 N–H and O–H groups in total. The van der Waals surface area contributed by atoms with Gasteiger partial charge in [0.2, 0.25) is 11.8 Å². The Morgan fingerprint density at radius 1 is 1.19 bits per heavy atom. The fourth-order valence-electron chi connectivity index (χ4n) is 2.38. The molecule has 21 heavy (non-hydrogen) atoms. The van der Waals surface area contributed by atoms with Gasteiger partial charge in [0.15, 0.2) is 5.82 Å². The molecule has 5 nitrogen and oxygen atoms in total. The smallest absolute Gasteiger partial charge is 0.247 e. The molecule has 0 radical (unpaired) electrons. The van der Waals surface area contributed by atoms with Gasteiger partial charge in [-0.1, -0.05) is 30.3 Å². The van der Waals surface area contributed by atoms with Gasteiger partial charge in [0.25, 0.3) is 0 Å².